The summed E-state index contributed by atoms with van der Waals surface area (Å²) in [4.78, 5) is 21.7. The van der Waals surface area contributed by atoms with E-state index in [0.717, 1.165) is 10.2 Å². The fourth-order valence-corrected chi connectivity index (χ4v) is 4.60. The monoisotopic (exact) mass is 428 g/mol. The minimum atomic E-state index is -3.72. The smallest absolute Gasteiger partial charge is 0.256 e. The molecule has 29 heavy (non-hydrogen) atoms. The molecule has 0 bridgehead atoms. The number of furan rings is 1. The highest BCUT2D eigenvalue weighted by Crippen LogP contribution is 2.24. The van der Waals surface area contributed by atoms with E-state index in [1.54, 1.807) is 12.1 Å². The van der Waals surface area contributed by atoms with Gasteiger partial charge in [0.15, 0.2) is 0 Å². The Morgan fingerprint density at radius 3 is 2.69 bits per heavy atom. The number of rotatable bonds is 6. The molecule has 0 radical (unpaired) electrons. The van der Waals surface area contributed by atoms with Gasteiger partial charge in [-0.1, -0.05) is 0 Å². The first-order valence-electron chi connectivity index (χ1n) is 8.53. The molecule has 10 heteroatoms. The lowest BCUT2D eigenvalue weighted by Crippen LogP contribution is -2.26. The van der Waals surface area contributed by atoms with Gasteiger partial charge in [0.2, 0.25) is 10.0 Å². The van der Waals surface area contributed by atoms with E-state index in [-0.39, 0.29) is 17.3 Å². The number of aromatic nitrogens is 2. The zero-order chi connectivity index (χ0) is 20.4. The third-order valence-corrected chi connectivity index (χ3v) is 6.92. The Labute approximate surface area is 170 Å². The fourth-order valence-electron chi connectivity index (χ4n) is 2.73. The van der Waals surface area contributed by atoms with Gasteiger partial charge >= 0.3 is 0 Å². The lowest BCUT2D eigenvalue weighted by molar-refractivity contribution is 0.102. The molecule has 1 aromatic carbocycles. The topological polar surface area (TPSA) is 105 Å². The van der Waals surface area contributed by atoms with Crippen LogP contribution in [0.3, 0.4) is 0 Å². The second-order valence-electron chi connectivity index (χ2n) is 6.18. The molecule has 8 nitrogen and oxygen atoms in total. The van der Waals surface area contributed by atoms with Gasteiger partial charge in [0.1, 0.15) is 22.7 Å². The third kappa shape index (κ3) is 3.90. The van der Waals surface area contributed by atoms with Crippen LogP contribution in [0.2, 0.25) is 0 Å². The van der Waals surface area contributed by atoms with Gasteiger partial charge < -0.3 is 9.73 Å². The minimum absolute atomic E-state index is 0.0883. The molecule has 0 aliphatic heterocycles. The molecule has 148 valence electrons. The number of carbonyl (C=O) groups excluding carboxylic acids is 1. The molecule has 3 aromatic heterocycles. The van der Waals surface area contributed by atoms with Crippen molar-refractivity contribution in [2.24, 2.45) is 0 Å². The Morgan fingerprint density at radius 1 is 1.17 bits per heavy atom. The number of anilines is 1. The summed E-state index contributed by atoms with van der Waals surface area (Å²) in [6.45, 7) is 0.113. The number of thiophene rings is 1. The SMILES string of the molecule is CN(Cc1ccco1)S(=O)(=O)c1ccc(C(=O)Nc2ncnc3sccc23)cc1. The van der Waals surface area contributed by atoms with E-state index >= 15 is 0 Å². The summed E-state index contributed by atoms with van der Waals surface area (Å²) < 4.78 is 31.8. The van der Waals surface area contributed by atoms with Gasteiger partial charge in [0, 0.05) is 12.6 Å². The van der Waals surface area contributed by atoms with E-state index in [2.05, 4.69) is 15.3 Å². The molecule has 1 amide bonds. The maximum atomic E-state index is 12.7. The fraction of sp³-hybridized carbons (Fsp3) is 0.105. The van der Waals surface area contributed by atoms with Crippen LogP contribution in [0.4, 0.5) is 5.82 Å². The number of amides is 1. The number of benzene rings is 1. The highest BCUT2D eigenvalue weighted by atomic mass is 32.2. The number of nitrogens with zero attached hydrogens (tertiary/aromatic N) is 3. The normalized spacial score (nSPS) is 11.8. The zero-order valence-corrected chi connectivity index (χ0v) is 16.9. The highest BCUT2D eigenvalue weighted by Gasteiger charge is 2.22. The standard InChI is InChI=1S/C19H16N4O4S2/c1-23(11-14-3-2-9-27-14)29(25,26)15-6-4-13(5-7-15)18(24)22-17-16-8-10-28-19(16)21-12-20-17/h2-10,12H,11H2,1H3,(H,20,21,22,24). The molecular weight excluding hydrogens is 412 g/mol. The minimum Gasteiger partial charge on any atom is -0.468 e. The first kappa shape index (κ1) is 19.2. The van der Waals surface area contributed by atoms with Crippen molar-refractivity contribution in [2.45, 2.75) is 11.4 Å². The molecule has 3 heterocycles. The summed E-state index contributed by atoms with van der Waals surface area (Å²) >= 11 is 1.45. The summed E-state index contributed by atoms with van der Waals surface area (Å²) in [6.07, 6.45) is 2.88. The van der Waals surface area contributed by atoms with Crippen LogP contribution in [-0.2, 0) is 16.6 Å². The van der Waals surface area contributed by atoms with Crippen LogP contribution in [0.15, 0.2) is 69.7 Å². The molecule has 4 aromatic rings. The lowest BCUT2D eigenvalue weighted by Gasteiger charge is -2.16. The van der Waals surface area contributed by atoms with Crippen LogP contribution >= 0.6 is 11.3 Å². The molecule has 0 atom stereocenters. The van der Waals surface area contributed by atoms with Gasteiger partial charge in [-0.2, -0.15) is 4.31 Å². The molecule has 0 spiro atoms. The Morgan fingerprint density at radius 2 is 1.97 bits per heavy atom. The average molecular weight is 428 g/mol. The van der Waals surface area contributed by atoms with Crippen molar-refractivity contribution in [3.05, 3.63) is 71.8 Å². The number of nitrogens with one attached hydrogen (secondary N) is 1. The largest absolute Gasteiger partial charge is 0.468 e. The number of sulfonamides is 1. The summed E-state index contributed by atoms with van der Waals surface area (Å²) in [7, 11) is -2.24. The highest BCUT2D eigenvalue weighted by molar-refractivity contribution is 7.89. The summed E-state index contributed by atoms with van der Waals surface area (Å²) in [5.74, 6) is 0.567. The Balaban J connectivity index is 1.51. The summed E-state index contributed by atoms with van der Waals surface area (Å²) in [5.41, 5.74) is 0.319. The predicted octanol–water partition coefficient (Wildman–Crippen LogP) is 3.36. The van der Waals surface area contributed by atoms with Gasteiger partial charge in [-0.25, -0.2) is 18.4 Å². The van der Waals surface area contributed by atoms with E-state index in [1.807, 2.05) is 11.4 Å². The summed E-state index contributed by atoms with van der Waals surface area (Å²) in [5, 5.41) is 5.37. The van der Waals surface area contributed by atoms with Crippen LogP contribution in [0.25, 0.3) is 10.2 Å². The van der Waals surface area contributed by atoms with Crippen LogP contribution in [0.1, 0.15) is 16.1 Å². The molecular formula is C19H16N4O4S2. The van der Waals surface area contributed by atoms with E-state index in [0.29, 0.717) is 17.1 Å². The van der Waals surface area contributed by atoms with E-state index in [1.165, 1.54) is 59.5 Å². The van der Waals surface area contributed by atoms with Crippen LogP contribution in [-0.4, -0.2) is 35.6 Å². The quantitative estimate of drug-likeness (QED) is 0.505. The maximum Gasteiger partial charge on any atom is 0.256 e. The Hall–Kier alpha value is -3.08. The molecule has 0 unspecified atom stereocenters. The van der Waals surface area contributed by atoms with Crippen LogP contribution in [0.5, 0.6) is 0 Å². The molecule has 0 saturated carbocycles. The van der Waals surface area contributed by atoms with E-state index in [9.17, 15) is 13.2 Å². The van der Waals surface area contributed by atoms with Crippen molar-refractivity contribution >= 4 is 43.3 Å². The van der Waals surface area contributed by atoms with Crippen LogP contribution in [0, 0.1) is 0 Å². The molecule has 0 saturated heterocycles. The van der Waals surface area contributed by atoms with Crippen molar-refractivity contribution < 1.29 is 17.6 Å². The van der Waals surface area contributed by atoms with Crippen molar-refractivity contribution in [1.29, 1.82) is 0 Å². The number of carbonyl (C=O) groups is 1. The lowest BCUT2D eigenvalue weighted by atomic mass is 10.2. The predicted molar refractivity (Wildman–Crippen MR) is 109 cm³/mol. The maximum absolute atomic E-state index is 12.7. The van der Waals surface area contributed by atoms with Gasteiger partial charge in [-0.15, -0.1) is 11.3 Å². The first-order chi connectivity index (χ1) is 13.9. The first-order valence-corrected chi connectivity index (χ1v) is 10.9. The zero-order valence-electron chi connectivity index (χ0n) is 15.3. The van der Waals surface area contributed by atoms with Crippen molar-refractivity contribution in [2.75, 3.05) is 12.4 Å². The summed E-state index contributed by atoms with van der Waals surface area (Å²) in [6, 6.07) is 11.0. The number of hydrogen-bond donors (Lipinski definition) is 1. The molecule has 4 rings (SSSR count). The van der Waals surface area contributed by atoms with Gasteiger partial charge in [-0.05, 0) is 47.8 Å². The number of fused-ring (bicyclic) bond motifs is 1. The van der Waals surface area contributed by atoms with Gasteiger partial charge in [-0.3, -0.25) is 4.79 Å². The van der Waals surface area contributed by atoms with Crippen molar-refractivity contribution in [3.8, 4) is 0 Å². The van der Waals surface area contributed by atoms with Crippen molar-refractivity contribution in [1.82, 2.24) is 14.3 Å². The second kappa shape index (κ2) is 7.74. The van der Waals surface area contributed by atoms with E-state index in [4.69, 9.17) is 4.42 Å². The third-order valence-electron chi connectivity index (χ3n) is 4.28. The van der Waals surface area contributed by atoms with Crippen LogP contribution < -0.4 is 5.32 Å². The Kier molecular flexibility index (Phi) is 5.14. The average Bonchev–Trinajstić information content (AvgIpc) is 3.40. The second-order valence-corrected chi connectivity index (χ2v) is 9.12. The Bertz CT molecular complexity index is 1250. The molecule has 0 aliphatic carbocycles. The molecule has 0 fully saturated rings. The van der Waals surface area contributed by atoms with E-state index < -0.39 is 10.0 Å². The molecule has 1 N–H and O–H groups in total. The van der Waals surface area contributed by atoms with Gasteiger partial charge in [0.25, 0.3) is 5.91 Å². The number of hydrogen-bond acceptors (Lipinski definition) is 7. The van der Waals surface area contributed by atoms with Crippen molar-refractivity contribution in [3.63, 3.8) is 0 Å². The van der Waals surface area contributed by atoms with Gasteiger partial charge in [0.05, 0.1) is 23.1 Å². The molecule has 0 aliphatic rings.